The van der Waals surface area contributed by atoms with Crippen LogP contribution >= 0.6 is 0 Å². The maximum atomic E-state index is 11.9. The zero-order chi connectivity index (χ0) is 14.3. The molecule has 2 amide bonds. The number of aliphatic carboxylic acids is 1. The first-order valence-electron chi connectivity index (χ1n) is 6.96. The molecule has 0 bridgehead atoms. The highest BCUT2D eigenvalue weighted by Crippen LogP contribution is 2.04. The van der Waals surface area contributed by atoms with Gasteiger partial charge in [0.1, 0.15) is 0 Å². The zero-order valence-electron chi connectivity index (χ0n) is 11.9. The van der Waals surface area contributed by atoms with Gasteiger partial charge in [0.25, 0.3) is 0 Å². The Morgan fingerprint density at radius 2 is 1.84 bits per heavy atom. The van der Waals surface area contributed by atoms with Crippen LogP contribution in [0.25, 0.3) is 0 Å². The highest BCUT2D eigenvalue weighted by atomic mass is 16.4. The number of carbonyl (C=O) groups excluding carboxylic acids is 1. The van der Waals surface area contributed by atoms with Gasteiger partial charge in [0.2, 0.25) is 0 Å². The van der Waals surface area contributed by atoms with Gasteiger partial charge in [0.15, 0.2) is 0 Å². The SMILES string of the molecule is CC(C)CCCNC(=O)N1CCN(CC(=O)O)CC1. The Hall–Kier alpha value is -1.30. The summed E-state index contributed by atoms with van der Waals surface area (Å²) in [6.07, 6.45) is 2.12. The monoisotopic (exact) mass is 271 g/mol. The quantitative estimate of drug-likeness (QED) is 0.702. The topological polar surface area (TPSA) is 72.9 Å². The molecule has 0 saturated carbocycles. The van der Waals surface area contributed by atoms with Gasteiger partial charge in [-0.2, -0.15) is 0 Å². The first-order valence-corrected chi connectivity index (χ1v) is 6.96. The van der Waals surface area contributed by atoms with Crippen molar-refractivity contribution in [3.63, 3.8) is 0 Å². The standard InChI is InChI=1S/C13H25N3O3/c1-11(2)4-3-5-14-13(19)16-8-6-15(7-9-16)10-12(17)18/h11H,3-10H2,1-2H3,(H,14,19)(H,17,18). The van der Waals surface area contributed by atoms with Gasteiger partial charge >= 0.3 is 12.0 Å². The third-order valence-electron chi connectivity index (χ3n) is 3.25. The lowest BCUT2D eigenvalue weighted by Gasteiger charge is -2.33. The third-order valence-corrected chi connectivity index (χ3v) is 3.25. The number of urea groups is 1. The lowest BCUT2D eigenvalue weighted by Crippen LogP contribution is -2.52. The molecule has 1 aliphatic rings. The molecule has 19 heavy (non-hydrogen) atoms. The van der Waals surface area contributed by atoms with E-state index in [0.717, 1.165) is 12.8 Å². The van der Waals surface area contributed by atoms with Crippen LogP contribution < -0.4 is 5.32 Å². The van der Waals surface area contributed by atoms with Gasteiger partial charge in [-0.3, -0.25) is 9.69 Å². The molecule has 6 nitrogen and oxygen atoms in total. The lowest BCUT2D eigenvalue weighted by atomic mass is 10.1. The molecule has 2 N–H and O–H groups in total. The molecule has 0 aliphatic carbocycles. The summed E-state index contributed by atoms with van der Waals surface area (Å²) < 4.78 is 0. The number of carbonyl (C=O) groups is 2. The summed E-state index contributed by atoms with van der Waals surface area (Å²) in [4.78, 5) is 26.0. The molecular formula is C13H25N3O3. The summed E-state index contributed by atoms with van der Waals surface area (Å²) in [5.74, 6) is -0.150. The van der Waals surface area contributed by atoms with Crippen molar-refractivity contribution in [2.45, 2.75) is 26.7 Å². The first-order chi connectivity index (χ1) is 8.99. The van der Waals surface area contributed by atoms with Crippen molar-refractivity contribution in [2.75, 3.05) is 39.3 Å². The predicted molar refractivity (Wildman–Crippen MR) is 73.1 cm³/mol. The largest absolute Gasteiger partial charge is 0.480 e. The molecule has 1 saturated heterocycles. The van der Waals surface area contributed by atoms with Gasteiger partial charge in [-0.25, -0.2) is 4.79 Å². The van der Waals surface area contributed by atoms with Gasteiger partial charge < -0.3 is 15.3 Å². The minimum absolute atomic E-state index is 0.0290. The van der Waals surface area contributed by atoms with Crippen LogP contribution in [0.4, 0.5) is 4.79 Å². The molecule has 0 aromatic rings. The van der Waals surface area contributed by atoms with Crippen LogP contribution in [0.3, 0.4) is 0 Å². The molecular weight excluding hydrogens is 246 g/mol. The first kappa shape index (κ1) is 15.8. The van der Waals surface area contributed by atoms with Crippen LogP contribution in [0.15, 0.2) is 0 Å². The fourth-order valence-corrected chi connectivity index (χ4v) is 2.12. The molecule has 110 valence electrons. The highest BCUT2D eigenvalue weighted by molar-refractivity contribution is 5.74. The van der Waals surface area contributed by atoms with Crippen LogP contribution in [-0.4, -0.2) is 66.2 Å². The van der Waals surface area contributed by atoms with E-state index in [9.17, 15) is 9.59 Å². The van der Waals surface area contributed by atoms with Crippen LogP contribution in [0, 0.1) is 5.92 Å². The second-order valence-electron chi connectivity index (χ2n) is 5.42. The Balaban J connectivity index is 2.16. The number of hydrogen-bond donors (Lipinski definition) is 2. The number of carboxylic acid groups (broad SMARTS) is 1. The van der Waals surface area contributed by atoms with Crippen LogP contribution in [-0.2, 0) is 4.79 Å². The van der Waals surface area contributed by atoms with Gasteiger partial charge in [-0.15, -0.1) is 0 Å². The maximum Gasteiger partial charge on any atom is 0.317 e. The molecule has 0 radical (unpaired) electrons. The van der Waals surface area contributed by atoms with Crippen molar-refractivity contribution in [3.05, 3.63) is 0 Å². The van der Waals surface area contributed by atoms with E-state index in [4.69, 9.17) is 5.11 Å². The number of nitrogens with one attached hydrogen (secondary N) is 1. The van der Waals surface area contributed by atoms with Crippen LogP contribution in [0.5, 0.6) is 0 Å². The molecule has 6 heteroatoms. The summed E-state index contributed by atoms with van der Waals surface area (Å²) in [5.41, 5.74) is 0. The molecule has 1 heterocycles. The Labute approximate surface area is 114 Å². The van der Waals surface area contributed by atoms with E-state index >= 15 is 0 Å². The summed E-state index contributed by atoms with van der Waals surface area (Å²) in [6, 6.07) is -0.0290. The summed E-state index contributed by atoms with van der Waals surface area (Å²) in [5, 5.41) is 11.6. The van der Waals surface area contributed by atoms with Gasteiger partial charge in [0.05, 0.1) is 6.54 Å². The van der Waals surface area contributed by atoms with E-state index in [1.807, 2.05) is 4.90 Å². The summed E-state index contributed by atoms with van der Waals surface area (Å²) in [6.45, 7) is 7.58. The average molecular weight is 271 g/mol. The van der Waals surface area contributed by atoms with Gasteiger partial charge in [0, 0.05) is 32.7 Å². The van der Waals surface area contributed by atoms with Crippen LogP contribution in [0.1, 0.15) is 26.7 Å². The minimum atomic E-state index is -0.813. The third kappa shape index (κ3) is 6.42. The predicted octanol–water partition coefficient (Wildman–Crippen LogP) is 0.834. The van der Waals surface area contributed by atoms with Crippen molar-refractivity contribution in [2.24, 2.45) is 5.92 Å². The van der Waals surface area contributed by atoms with E-state index < -0.39 is 5.97 Å². The molecule has 0 spiro atoms. The Morgan fingerprint density at radius 1 is 1.21 bits per heavy atom. The molecule has 1 fully saturated rings. The zero-order valence-corrected chi connectivity index (χ0v) is 11.9. The maximum absolute atomic E-state index is 11.9. The van der Waals surface area contributed by atoms with E-state index in [1.54, 1.807) is 4.90 Å². The van der Waals surface area contributed by atoms with E-state index in [-0.39, 0.29) is 12.6 Å². The molecule has 0 unspecified atom stereocenters. The van der Waals surface area contributed by atoms with E-state index in [2.05, 4.69) is 19.2 Å². The van der Waals surface area contributed by atoms with Gasteiger partial charge in [-0.05, 0) is 18.8 Å². The van der Waals surface area contributed by atoms with E-state index in [0.29, 0.717) is 38.6 Å². The highest BCUT2D eigenvalue weighted by Gasteiger charge is 2.21. The van der Waals surface area contributed by atoms with Crippen molar-refractivity contribution < 1.29 is 14.7 Å². The number of carboxylic acids is 1. The lowest BCUT2D eigenvalue weighted by molar-refractivity contribution is -0.138. The number of piperazine rings is 1. The number of rotatable bonds is 6. The number of amides is 2. The average Bonchev–Trinajstić information content (AvgIpc) is 2.34. The molecule has 0 aromatic heterocycles. The van der Waals surface area contributed by atoms with Crippen molar-refractivity contribution >= 4 is 12.0 Å². The summed E-state index contributed by atoms with van der Waals surface area (Å²) >= 11 is 0. The van der Waals surface area contributed by atoms with Crippen molar-refractivity contribution in [3.8, 4) is 0 Å². The minimum Gasteiger partial charge on any atom is -0.480 e. The van der Waals surface area contributed by atoms with Crippen molar-refractivity contribution in [1.29, 1.82) is 0 Å². The fourth-order valence-electron chi connectivity index (χ4n) is 2.12. The Morgan fingerprint density at radius 3 is 2.37 bits per heavy atom. The fraction of sp³-hybridized carbons (Fsp3) is 0.846. The second-order valence-corrected chi connectivity index (χ2v) is 5.42. The van der Waals surface area contributed by atoms with Crippen molar-refractivity contribution in [1.82, 2.24) is 15.1 Å². The smallest absolute Gasteiger partial charge is 0.317 e. The second kappa shape index (κ2) is 7.99. The van der Waals surface area contributed by atoms with E-state index in [1.165, 1.54) is 0 Å². The number of hydrogen-bond acceptors (Lipinski definition) is 3. The van der Waals surface area contributed by atoms with Gasteiger partial charge in [-0.1, -0.05) is 13.8 Å². The summed E-state index contributed by atoms with van der Waals surface area (Å²) in [7, 11) is 0. The van der Waals surface area contributed by atoms with Crippen LogP contribution in [0.2, 0.25) is 0 Å². The Kier molecular flexibility index (Phi) is 6.62. The normalized spacial score (nSPS) is 16.7. The number of nitrogens with zero attached hydrogens (tertiary/aromatic N) is 2. The molecule has 1 aliphatic heterocycles. The molecule has 1 rings (SSSR count). The molecule has 0 aromatic carbocycles. The Bertz CT molecular complexity index is 300. The molecule has 0 atom stereocenters.